The molecule has 202 valence electrons. The standard InChI is InChI=1S/C30H31N3O5S/c1-5-17-33-28(27(30(35)36)20(4)31-33)24-16-15-22(18-25(24)19(2)3)23-13-9-10-14-26(23)39(37,38)32-29(34)21-11-7-6-8-12-21/h6-16,18-19H,5,17H2,1-4H3,(H,32,34)(H,35,36). The van der Waals surface area contributed by atoms with Crippen molar-refractivity contribution in [2.75, 3.05) is 0 Å². The number of nitrogens with one attached hydrogen (secondary N) is 1. The van der Waals surface area contributed by atoms with Crippen LogP contribution in [0.15, 0.2) is 77.7 Å². The summed E-state index contributed by atoms with van der Waals surface area (Å²) in [6.45, 7) is 8.25. The van der Waals surface area contributed by atoms with Gasteiger partial charge in [0.2, 0.25) is 0 Å². The van der Waals surface area contributed by atoms with Gasteiger partial charge in [0, 0.05) is 23.2 Å². The van der Waals surface area contributed by atoms with E-state index in [2.05, 4.69) is 9.82 Å². The third-order valence-corrected chi connectivity index (χ3v) is 7.85. The number of hydrogen-bond acceptors (Lipinski definition) is 5. The largest absolute Gasteiger partial charge is 0.478 e. The van der Waals surface area contributed by atoms with E-state index in [0.717, 1.165) is 17.5 Å². The number of nitrogens with zero attached hydrogens (tertiary/aromatic N) is 2. The number of sulfonamides is 1. The smallest absolute Gasteiger partial charge is 0.339 e. The molecular formula is C30H31N3O5S. The van der Waals surface area contributed by atoms with Crippen LogP contribution in [0, 0.1) is 6.92 Å². The summed E-state index contributed by atoms with van der Waals surface area (Å²) >= 11 is 0. The summed E-state index contributed by atoms with van der Waals surface area (Å²) in [6, 6.07) is 20.1. The highest BCUT2D eigenvalue weighted by atomic mass is 32.2. The maximum absolute atomic E-state index is 13.3. The molecule has 0 fully saturated rings. The number of benzene rings is 3. The van der Waals surface area contributed by atoms with Crippen molar-refractivity contribution in [3.8, 4) is 22.4 Å². The summed E-state index contributed by atoms with van der Waals surface area (Å²) in [4.78, 5) is 24.8. The Bertz CT molecular complexity index is 1640. The fraction of sp³-hybridized carbons (Fsp3) is 0.233. The molecule has 2 N–H and O–H groups in total. The van der Waals surface area contributed by atoms with Gasteiger partial charge in [0.05, 0.1) is 16.3 Å². The molecule has 0 saturated carbocycles. The van der Waals surface area contributed by atoms with Crippen molar-refractivity contribution < 1.29 is 23.1 Å². The number of amides is 1. The monoisotopic (exact) mass is 545 g/mol. The molecule has 0 aliphatic rings. The van der Waals surface area contributed by atoms with Gasteiger partial charge in [0.1, 0.15) is 5.56 Å². The topological polar surface area (TPSA) is 118 Å². The Hall–Kier alpha value is -4.24. The van der Waals surface area contributed by atoms with Crippen LogP contribution < -0.4 is 4.72 Å². The molecule has 0 spiro atoms. The van der Waals surface area contributed by atoms with Crippen LogP contribution in [0.2, 0.25) is 0 Å². The molecule has 9 heteroatoms. The molecule has 1 aromatic heterocycles. The lowest BCUT2D eigenvalue weighted by Gasteiger charge is -2.18. The first-order valence-corrected chi connectivity index (χ1v) is 14.2. The molecule has 0 aliphatic heterocycles. The van der Waals surface area contributed by atoms with E-state index in [0.29, 0.717) is 29.1 Å². The maximum atomic E-state index is 13.3. The van der Waals surface area contributed by atoms with Gasteiger partial charge >= 0.3 is 5.97 Å². The van der Waals surface area contributed by atoms with E-state index in [-0.39, 0.29) is 21.9 Å². The Morgan fingerprint density at radius 3 is 2.28 bits per heavy atom. The van der Waals surface area contributed by atoms with Gasteiger partial charge in [-0.25, -0.2) is 17.9 Å². The number of aromatic carboxylic acids is 1. The average Bonchev–Trinajstić information content (AvgIpc) is 3.24. The number of hydrogen-bond donors (Lipinski definition) is 2. The lowest BCUT2D eigenvalue weighted by molar-refractivity contribution is 0.0696. The minimum absolute atomic E-state index is 0.00608. The summed E-state index contributed by atoms with van der Waals surface area (Å²) in [5, 5.41) is 14.5. The molecule has 0 saturated heterocycles. The SMILES string of the molecule is CCCn1nc(C)c(C(=O)O)c1-c1ccc(-c2ccccc2S(=O)(=O)NC(=O)c2ccccc2)cc1C(C)C. The molecule has 0 radical (unpaired) electrons. The van der Waals surface area contributed by atoms with Crippen LogP contribution >= 0.6 is 0 Å². The predicted molar refractivity (Wildman–Crippen MR) is 150 cm³/mol. The zero-order chi connectivity index (χ0) is 28.3. The Morgan fingerprint density at radius 1 is 0.974 bits per heavy atom. The zero-order valence-electron chi connectivity index (χ0n) is 22.3. The molecule has 4 rings (SSSR count). The van der Waals surface area contributed by atoms with Crippen molar-refractivity contribution in [2.45, 2.75) is 51.5 Å². The number of carbonyl (C=O) groups excluding carboxylic acids is 1. The van der Waals surface area contributed by atoms with Crippen molar-refractivity contribution >= 4 is 21.9 Å². The van der Waals surface area contributed by atoms with Crippen LogP contribution in [0.4, 0.5) is 0 Å². The second-order valence-electron chi connectivity index (χ2n) is 9.59. The van der Waals surface area contributed by atoms with Gasteiger partial charge in [-0.2, -0.15) is 5.10 Å². The third-order valence-electron chi connectivity index (χ3n) is 6.46. The predicted octanol–water partition coefficient (Wildman–Crippen LogP) is 5.88. The van der Waals surface area contributed by atoms with E-state index in [1.807, 2.05) is 32.9 Å². The molecule has 0 aliphatic carbocycles. The first-order valence-electron chi connectivity index (χ1n) is 12.7. The van der Waals surface area contributed by atoms with Crippen LogP contribution in [-0.2, 0) is 16.6 Å². The van der Waals surface area contributed by atoms with Crippen molar-refractivity contribution in [1.82, 2.24) is 14.5 Å². The molecule has 8 nitrogen and oxygen atoms in total. The number of aryl methyl sites for hydroxylation is 2. The Morgan fingerprint density at radius 2 is 1.64 bits per heavy atom. The number of aromatic nitrogens is 2. The second-order valence-corrected chi connectivity index (χ2v) is 11.2. The normalized spacial score (nSPS) is 11.5. The lowest BCUT2D eigenvalue weighted by atomic mass is 9.90. The van der Waals surface area contributed by atoms with Gasteiger partial charge in [-0.15, -0.1) is 0 Å². The van der Waals surface area contributed by atoms with Crippen molar-refractivity contribution in [1.29, 1.82) is 0 Å². The molecular weight excluding hydrogens is 514 g/mol. The van der Waals surface area contributed by atoms with E-state index in [9.17, 15) is 23.1 Å². The van der Waals surface area contributed by atoms with E-state index < -0.39 is 21.9 Å². The second kappa shape index (κ2) is 11.2. The molecule has 3 aromatic carbocycles. The molecule has 1 heterocycles. The van der Waals surface area contributed by atoms with Gasteiger partial charge < -0.3 is 5.11 Å². The lowest BCUT2D eigenvalue weighted by Crippen LogP contribution is -2.30. The minimum Gasteiger partial charge on any atom is -0.478 e. The summed E-state index contributed by atoms with van der Waals surface area (Å²) in [7, 11) is -4.20. The van der Waals surface area contributed by atoms with Crippen LogP contribution in [0.3, 0.4) is 0 Å². The van der Waals surface area contributed by atoms with E-state index in [1.165, 1.54) is 6.07 Å². The Labute approximate surface area is 228 Å². The zero-order valence-corrected chi connectivity index (χ0v) is 23.1. The fourth-order valence-corrected chi connectivity index (χ4v) is 5.88. The molecule has 0 unspecified atom stereocenters. The first kappa shape index (κ1) is 27.8. The highest BCUT2D eigenvalue weighted by molar-refractivity contribution is 7.90. The van der Waals surface area contributed by atoms with Crippen LogP contribution in [-0.4, -0.2) is 35.2 Å². The van der Waals surface area contributed by atoms with Crippen LogP contribution in [0.25, 0.3) is 22.4 Å². The van der Waals surface area contributed by atoms with Gasteiger partial charge in [0.15, 0.2) is 0 Å². The van der Waals surface area contributed by atoms with E-state index in [1.54, 1.807) is 66.2 Å². The van der Waals surface area contributed by atoms with E-state index in [4.69, 9.17) is 0 Å². The molecule has 39 heavy (non-hydrogen) atoms. The highest BCUT2D eigenvalue weighted by Crippen LogP contribution is 2.37. The van der Waals surface area contributed by atoms with Crippen LogP contribution in [0.5, 0.6) is 0 Å². The van der Waals surface area contributed by atoms with Gasteiger partial charge in [-0.3, -0.25) is 9.48 Å². The average molecular weight is 546 g/mol. The Kier molecular flexibility index (Phi) is 8.01. The molecule has 4 aromatic rings. The quantitative estimate of drug-likeness (QED) is 0.271. The number of rotatable bonds is 9. The maximum Gasteiger partial charge on any atom is 0.339 e. The molecule has 1 amide bonds. The summed E-state index contributed by atoms with van der Waals surface area (Å²) < 4.78 is 30.6. The highest BCUT2D eigenvalue weighted by Gasteiger charge is 2.26. The number of carboxylic acids is 1. The van der Waals surface area contributed by atoms with Crippen LogP contribution in [0.1, 0.15) is 65.1 Å². The molecule has 0 atom stereocenters. The van der Waals surface area contributed by atoms with Crippen molar-refractivity contribution in [2.24, 2.45) is 0 Å². The third kappa shape index (κ3) is 5.63. The van der Waals surface area contributed by atoms with Gasteiger partial charge in [-0.1, -0.05) is 75.4 Å². The van der Waals surface area contributed by atoms with Crippen molar-refractivity contribution in [3.63, 3.8) is 0 Å². The number of carboxylic acid groups (broad SMARTS) is 1. The molecule has 0 bridgehead atoms. The van der Waals surface area contributed by atoms with Gasteiger partial charge in [0.25, 0.3) is 15.9 Å². The van der Waals surface area contributed by atoms with Gasteiger partial charge in [-0.05, 0) is 48.6 Å². The number of carbonyl (C=O) groups is 2. The minimum atomic E-state index is -4.20. The summed E-state index contributed by atoms with van der Waals surface area (Å²) in [6.07, 6.45) is 0.780. The Balaban J connectivity index is 1.83. The first-order chi connectivity index (χ1) is 18.5. The van der Waals surface area contributed by atoms with E-state index >= 15 is 0 Å². The fourth-order valence-electron chi connectivity index (χ4n) is 4.67. The summed E-state index contributed by atoms with van der Waals surface area (Å²) in [5.74, 6) is -1.77. The summed E-state index contributed by atoms with van der Waals surface area (Å²) in [5.41, 5.74) is 4.01. The van der Waals surface area contributed by atoms with Crippen molar-refractivity contribution in [3.05, 3.63) is 95.2 Å².